The summed E-state index contributed by atoms with van der Waals surface area (Å²) in [6, 6.07) is 10.9. The largest absolute Gasteiger partial charge is 0.454 e. The summed E-state index contributed by atoms with van der Waals surface area (Å²) in [7, 11) is 0. The number of hydrogen-bond acceptors (Lipinski definition) is 5. The van der Waals surface area contributed by atoms with Crippen LogP contribution in [0.5, 0.6) is 23.0 Å². The number of ether oxygens (including phenoxy) is 4. The van der Waals surface area contributed by atoms with Crippen molar-refractivity contribution in [2.45, 2.75) is 12.8 Å². The van der Waals surface area contributed by atoms with Crippen LogP contribution in [0.25, 0.3) is 0 Å². The van der Waals surface area contributed by atoms with Crippen LogP contribution in [0.1, 0.15) is 18.4 Å². The fraction of sp³-hybridized carbons (Fsp3) is 0.235. The van der Waals surface area contributed by atoms with Crippen LogP contribution in [0.2, 0.25) is 0 Å². The molecule has 1 atom stereocenters. The first-order valence-electron chi connectivity index (χ1n) is 7.31. The zero-order chi connectivity index (χ0) is 15.8. The molecule has 0 spiro atoms. The highest BCUT2D eigenvalue weighted by atomic mass is 16.7. The molecule has 0 aromatic heterocycles. The first-order valence-corrected chi connectivity index (χ1v) is 7.31. The lowest BCUT2D eigenvalue weighted by Crippen LogP contribution is -2.18. The van der Waals surface area contributed by atoms with E-state index >= 15 is 0 Å². The van der Waals surface area contributed by atoms with E-state index in [-0.39, 0.29) is 25.4 Å². The van der Waals surface area contributed by atoms with E-state index in [0.717, 1.165) is 5.56 Å². The highest BCUT2D eigenvalue weighted by Crippen LogP contribution is 2.36. The normalized spacial score (nSPS) is 15.3. The molecular weight excluding hydrogens is 298 g/mol. The molecule has 2 aliphatic heterocycles. The Labute approximate surface area is 132 Å². The van der Waals surface area contributed by atoms with Crippen LogP contribution in [-0.4, -0.2) is 19.5 Å². The van der Waals surface area contributed by atoms with Gasteiger partial charge >= 0.3 is 0 Å². The SMILES string of the molecule is CC(C(=O)Nc1ccc2c(c1)OCO2)c1ccc2c(c1)OCO2. The molecule has 2 heterocycles. The number of rotatable bonds is 3. The molecule has 0 fully saturated rings. The third kappa shape index (κ3) is 2.52. The maximum Gasteiger partial charge on any atom is 0.231 e. The Morgan fingerprint density at radius 2 is 1.52 bits per heavy atom. The Bertz CT molecular complexity index is 774. The number of hydrogen-bond donors (Lipinski definition) is 1. The van der Waals surface area contributed by atoms with Gasteiger partial charge < -0.3 is 24.3 Å². The second-order valence-corrected chi connectivity index (χ2v) is 5.39. The molecule has 2 aromatic rings. The lowest BCUT2D eigenvalue weighted by atomic mass is 9.99. The topological polar surface area (TPSA) is 66.0 Å². The fourth-order valence-corrected chi connectivity index (χ4v) is 2.56. The fourth-order valence-electron chi connectivity index (χ4n) is 2.56. The predicted octanol–water partition coefficient (Wildman–Crippen LogP) is 2.89. The highest BCUT2D eigenvalue weighted by molar-refractivity contribution is 5.96. The summed E-state index contributed by atoms with van der Waals surface area (Å²) in [4.78, 5) is 12.5. The van der Waals surface area contributed by atoms with Crippen molar-refractivity contribution in [3.63, 3.8) is 0 Å². The second kappa shape index (κ2) is 5.39. The predicted molar refractivity (Wildman–Crippen MR) is 82.2 cm³/mol. The van der Waals surface area contributed by atoms with Gasteiger partial charge in [-0.2, -0.15) is 0 Å². The number of benzene rings is 2. The first kappa shape index (κ1) is 13.8. The van der Waals surface area contributed by atoms with Gasteiger partial charge in [0.1, 0.15) is 0 Å². The monoisotopic (exact) mass is 313 g/mol. The van der Waals surface area contributed by atoms with E-state index in [2.05, 4.69) is 5.32 Å². The summed E-state index contributed by atoms with van der Waals surface area (Å²) >= 11 is 0. The maximum atomic E-state index is 12.5. The zero-order valence-corrected chi connectivity index (χ0v) is 12.5. The molecule has 4 rings (SSSR count). The molecular formula is C17H15NO5. The van der Waals surface area contributed by atoms with Crippen LogP contribution in [0.4, 0.5) is 5.69 Å². The van der Waals surface area contributed by atoms with Gasteiger partial charge in [-0.15, -0.1) is 0 Å². The van der Waals surface area contributed by atoms with Gasteiger partial charge in [-0.05, 0) is 36.8 Å². The Kier molecular flexibility index (Phi) is 3.22. The Morgan fingerprint density at radius 3 is 2.26 bits per heavy atom. The van der Waals surface area contributed by atoms with Gasteiger partial charge in [-0.3, -0.25) is 4.79 Å². The molecule has 0 saturated carbocycles. The smallest absolute Gasteiger partial charge is 0.231 e. The Hall–Kier alpha value is -2.89. The third-order valence-electron chi connectivity index (χ3n) is 3.93. The van der Waals surface area contributed by atoms with Crippen molar-refractivity contribution in [3.05, 3.63) is 42.0 Å². The average Bonchev–Trinajstić information content (AvgIpc) is 3.21. The van der Waals surface area contributed by atoms with Crippen LogP contribution in [-0.2, 0) is 4.79 Å². The minimum atomic E-state index is -0.324. The summed E-state index contributed by atoms with van der Waals surface area (Å²) in [6.07, 6.45) is 0. The maximum absolute atomic E-state index is 12.5. The van der Waals surface area contributed by atoms with Crippen molar-refractivity contribution in [1.29, 1.82) is 0 Å². The quantitative estimate of drug-likeness (QED) is 0.944. The van der Waals surface area contributed by atoms with Gasteiger partial charge in [-0.1, -0.05) is 6.07 Å². The molecule has 2 aromatic carbocycles. The molecule has 0 aliphatic carbocycles. The number of carbonyl (C=O) groups excluding carboxylic acids is 1. The molecule has 1 amide bonds. The minimum Gasteiger partial charge on any atom is -0.454 e. The number of fused-ring (bicyclic) bond motifs is 2. The van der Waals surface area contributed by atoms with E-state index in [1.165, 1.54) is 0 Å². The Balaban J connectivity index is 1.50. The molecule has 0 radical (unpaired) electrons. The second-order valence-electron chi connectivity index (χ2n) is 5.39. The van der Waals surface area contributed by atoms with Gasteiger partial charge in [-0.25, -0.2) is 0 Å². The molecule has 0 saturated heterocycles. The number of anilines is 1. The third-order valence-corrected chi connectivity index (χ3v) is 3.93. The molecule has 6 heteroatoms. The molecule has 118 valence electrons. The van der Waals surface area contributed by atoms with Gasteiger partial charge in [0.2, 0.25) is 19.5 Å². The molecule has 6 nitrogen and oxygen atoms in total. The molecule has 1 N–H and O–H groups in total. The van der Waals surface area contributed by atoms with E-state index in [9.17, 15) is 4.79 Å². The lowest BCUT2D eigenvalue weighted by molar-refractivity contribution is -0.117. The zero-order valence-electron chi connectivity index (χ0n) is 12.5. The molecule has 1 unspecified atom stereocenters. The van der Waals surface area contributed by atoms with Gasteiger partial charge in [0, 0.05) is 11.8 Å². The van der Waals surface area contributed by atoms with Crippen LogP contribution >= 0.6 is 0 Å². The van der Waals surface area contributed by atoms with Crippen LogP contribution in [0.3, 0.4) is 0 Å². The van der Waals surface area contributed by atoms with Crippen molar-refractivity contribution in [3.8, 4) is 23.0 Å². The highest BCUT2D eigenvalue weighted by Gasteiger charge is 2.21. The van der Waals surface area contributed by atoms with E-state index < -0.39 is 0 Å². The number of carbonyl (C=O) groups is 1. The van der Waals surface area contributed by atoms with Crippen molar-refractivity contribution >= 4 is 11.6 Å². The number of amides is 1. The summed E-state index contributed by atoms with van der Waals surface area (Å²) in [5.74, 6) is 2.27. The molecule has 0 bridgehead atoms. The Morgan fingerprint density at radius 1 is 0.913 bits per heavy atom. The summed E-state index contributed by atoms with van der Waals surface area (Å²) in [5, 5.41) is 2.89. The van der Waals surface area contributed by atoms with Gasteiger partial charge in [0.05, 0.1) is 5.92 Å². The molecule has 23 heavy (non-hydrogen) atoms. The average molecular weight is 313 g/mol. The van der Waals surface area contributed by atoms with Gasteiger partial charge in [0.15, 0.2) is 23.0 Å². The van der Waals surface area contributed by atoms with Gasteiger partial charge in [0.25, 0.3) is 0 Å². The van der Waals surface area contributed by atoms with Crippen molar-refractivity contribution in [1.82, 2.24) is 0 Å². The first-order chi connectivity index (χ1) is 11.2. The van der Waals surface area contributed by atoms with E-state index in [0.29, 0.717) is 28.7 Å². The van der Waals surface area contributed by atoms with Crippen molar-refractivity contribution < 1.29 is 23.7 Å². The van der Waals surface area contributed by atoms with Crippen LogP contribution in [0.15, 0.2) is 36.4 Å². The summed E-state index contributed by atoms with van der Waals surface area (Å²) in [5.41, 5.74) is 1.54. The van der Waals surface area contributed by atoms with E-state index in [1.54, 1.807) is 18.2 Å². The summed E-state index contributed by atoms with van der Waals surface area (Å²) < 4.78 is 21.2. The summed E-state index contributed by atoms with van der Waals surface area (Å²) in [6.45, 7) is 2.27. The van der Waals surface area contributed by atoms with Crippen molar-refractivity contribution in [2.24, 2.45) is 0 Å². The lowest BCUT2D eigenvalue weighted by Gasteiger charge is -2.13. The van der Waals surface area contributed by atoms with E-state index in [4.69, 9.17) is 18.9 Å². The molecule has 2 aliphatic rings. The number of nitrogens with one attached hydrogen (secondary N) is 1. The van der Waals surface area contributed by atoms with Crippen LogP contribution < -0.4 is 24.3 Å². The minimum absolute atomic E-state index is 0.109. The standard InChI is InChI=1S/C17H15NO5/c1-10(11-2-4-13-15(6-11)22-8-20-13)17(19)18-12-3-5-14-16(7-12)23-9-21-14/h2-7,10H,8-9H2,1H3,(H,18,19). The van der Waals surface area contributed by atoms with Crippen LogP contribution in [0, 0.1) is 0 Å². The van der Waals surface area contributed by atoms with E-state index in [1.807, 2.05) is 25.1 Å². The van der Waals surface area contributed by atoms with Crippen molar-refractivity contribution in [2.75, 3.05) is 18.9 Å².